The zero-order valence-corrected chi connectivity index (χ0v) is 13.0. The SMILES string of the molecule is Cn1cc(N2CC[C@H](N[C@@H]3CCC[C@H](C(F)(F)F)C3)C2=O)cn1. The maximum absolute atomic E-state index is 12.9. The van der Waals surface area contributed by atoms with Gasteiger partial charge >= 0.3 is 6.18 Å². The van der Waals surface area contributed by atoms with Crippen molar-refractivity contribution in [3.63, 3.8) is 0 Å². The van der Waals surface area contributed by atoms with Crippen molar-refractivity contribution in [1.29, 1.82) is 0 Å². The molecule has 23 heavy (non-hydrogen) atoms. The molecule has 128 valence electrons. The Morgan fingerprint density at radius 3 is 2.74 bits per heavy atom. The largest absolute Gasteiger partial charge is 0.391 e. The minimum atomic E-state index is -4.14. The molecule has 1 aliphatic carbocycles. The minimum absolute atomic E-state index is 0.0696. The topological polar surface area (TPSA) is 50.2 Å². The summed E-state index contributed by atoms with van der Waals surface area (Å²) < 4.78 is 40.3. The zero-order valence-electron chi connectivity index (χ0n) is 13.0. The van der Waals surface area contributed by atoms with Gasteiger partial charge in [-0.1, -0.05) is 6.42 Å². The van der Waals surface area contributed by atoms with Gasteiger partial charge < -0.3 is 10.2 Å². The van der Waals surface area contributed by atoms with Crippen LogP contribution in [0, 0.1) is 5.92 Å². The summed E-state index contributed by atoms with van der Waals surface area (Å²) in [5.74, 6) is -1.33. The third-order valence-corrected chi connectivity index (χ3v) is 4.78. The van der Waals surface area contributed by atoms with Gasteiger partial charge in [0.05, 0.1) is 23.8 Å². The number of rotatable bonds is 3. The van der Waals surface area contributed by atoms with Crippen LogP contribution in [0.15, 0.2) is 12.4 Å². The summed E-state index contributed by atoms with van der Waals surface area (Å²) >= 11 is 0. The Morgan fingerprint density at radius 2 is 2.09 bits per heavy atom. The number of carbonyl (C=O) groups excluding carboxylic acids is 1. The van der Waals surface area contributed by atoms with E-state index in [0.29, 0.717) is 25.8 Å². The normalized spacial score (nSPS) is 29.3. The first-order chi connectivity index (χ1) is 10.8. The van der Waals surface area contributed by atoms with Gasteiger partial charge in [-0.2, -0.15) is 18.3 Å². The summed E-state index contributed by atoms with van der Waals surface area (Å²) in [6, 6.07) is -0.634. The lowest BCUT2D eigenvalue weighted by Gasteiger charge is -2.32. The lowest BCUT2D eigenvalue weighted by molar-refractivity contribution is -0.183. The first kappa shape index (κ1) is 16.3. The molecule has 1 amide bonds. The Morgan fingerprint density at radius 1 is 1.30 bits per heavy atom. The van der Waals surface area contributed by atoms with Crippen LogP contribution in [0.1, 0.15) is 32.1 Å². The van der Waals surface area contributed by atoms with Crippen molar-refractivity contribution in [3.05, 3.63) is 12.4 Å². The van der Waals surface area contributed by atoms with Crippen LogP contribution in [-0.4, -0.2) is 40.5 Å². The molecule has 0 spiro atoms. The molecule has 0 unspecified atom stereocenters. The molecular weight excluding hydrogens is 309 g/mol. The Labute approximate surface area is 132 Å². The zero-order chi connectivity index (χ0) is 16.6. The smallest absolute Gasteiger partial charge is 0.308 e. The molecule has 2 fully saturated rings. The van der Waals surface area contributed by atoms with Gasteiger partial charge in [0, 0.05) is 25.8 Å². The molecular formula is C15H21F3N4O. The second kappa shape index (κ2) is 6.14. The Balaban J connectivity index is 1.59. The molecule has 1 saturated heterocycles. The average molecular weight is 330 g/mol. The fourth-order valence-electron chi connectivity index (χ4n) is 3.56. The molecule has 1 saturated carbocycles. The molecule has 2 aliphatic rings. The van der Waals surface area contributed by atoms with Gasteiger partial charge in [-0.05, 0) is 25.7 Å². The van der Waals surface area contributed by atoms with Crippen molar-refractivity contribution < 1.29 is 18.0 Å². The number of nitrogens with zero attached hydrogens (tertiary/aromatic N) is 3. The monoisotopic (exact) mass is 330 g/mol. The molecule has 8 heteroatoms. The Kier molecular flexibility index (Phi) is 4.35. The number of amides is 1. The number of hydrogen-bond acceptors (Lipinski definition) is 3. The number of alkyl halides is 3. The Bertz CT molecular complexity index is 571. The van der Waals surface area contributed by atoms with E-state index < -0.39 is 18.1 Å². The second-order valence-electron chi connectivity index (χ2n) is 6.47. The van der Waals surface area contributed by atoms with Crippen LogP contribution in [0.5, 0.6) is 0 Å². The van der Waals surface area contributed by atoms with E-state index in [-0.39, 0.29) is 24.8 Å². The molecule has 3 rings (SSSR count). The molecule has 5 nitrogen and oxygen atoms in total. The van der Waals surface area contributed by atoms with Gasteiger partial charge in [0.25, 0.3) is 0 Å². The Hall–Kier alpha value is -1.57. The summed E-state index contributed by atoms with van der Waals surface area (Å²) in [5, 5.41) is 7.21. The number of aryl methyl sites for hydroxylation is 1. The third kappa shape index (κ3) is 3.52. The van der Waals surface area contributed by atoms with Gasteiger partial charge in [0.2, 0.25) is 5.91 Å². The number of anilines is 1. The first-order valence-corrected chi connectivity index (χ1v) is 7.97. The molecule has 1 aromatic heterocycles. The highest BCUT2D eigenvalue weighted by Crippen LogP contribution is 2.37. The number of aromatic nitrogens is 2. The van der Waals surface area contributed by atoms with Crippen LogP contribution in [0.4, 0.5) is 18.9 Å². The standard InChI is InChI=1S/C15H21F3N4O/c1-21-9-12(8-19-21)22-6-5-13(14(22)23)20-11-4-2-3-10(7-11)15(16,17)18/h8-11,13,20H,2-7H2,1H3/t10-,11+,13-/m0/s1. The van der Waals surface area contributed by atoms with Crippen molar-refractivity contribution >= 4 is 11.6 Å². The molecule has 1 aliphatic heterocycles. The highest BCUT2D eigenvalue weighted by Gasteiger charge is 2.43. The van der Waals surface area contributed by atoms with Gasteiger partial charge in [-0.25, -0.2) is 0 Å². The molecule has 1 N–H and O–H groups in total. The molecule has 1 aromatic rings. The molecule has 0 aromatic carbocycles. The van der Waals surface area contributed by atoms with Crippen LogP contribution >= 0.6 is 0 Å². The van der Waals surface area contributed by atoms with Crippen molar-refractivity contribution in [3.8, 4) is 0 Å². The molecule has 0 radical (unpaired) electrons. The maximum atomic E-state index is 12.9. The fourth-order valence-corrected chi connectivity index (χ4v) is 3.56. The lowest BCUT2D eigenvalue weighted by atomic mass is 9.85. The summed E-state index contributed by atoms with van der Waals surface area (Å²) in [4.78, 5) is 14.1. The highest BCUT2D eigenvalue weighted by molar-refractivity contribution is 5.99. The van der Waals surface area contributed by atoms with Crippen LogP contribution in [0.3, 0.4) is 0 Å². The van der Waals surface area contributed by atoms with Gasteiger partial charge in [-0.15, -0.1) is 0 Å². The van der Waals surface area contributed by atoms with E-state index >= 15 is 0 Å². The van der Waals surface area contributed by atoms with Crippen LogP contribution in [-0.2, 0) is 11.8 Å². The molecule has 0 bridgehead atoms. The summed E-state index contributed by atoms with van der Waals surface area (Å²) in [7, 11) is 1.78. The third-order valence-electron chi connectivity index (χ3n) is 4.78. The van der Waals surface area contributed by atoms with E-state index in [1.54, 1.807) is 29.0 Å². The first-order valence-electron chi connectivity index (χ1n) is 7.97. The summed E-state index contributed by atoms with van der Waals surface area (Å²) in [6.07, 6.45) is 1.38. The molecule has 2 heterocycles. The molecule has 3 atom stereocenters. The van der Waals surface area contributed by atoms with E-state index in [1.807, 2.05) is 0 Å². The summed E-state index contributed by atoms with van der Waals surface area (Å²) in [6.45, 7) is 0.567. The van der Waals surface area contributed by atoms with Crippen molar-refractivity contribution in [2.24, 2.45) is 13.0 Å². The van der Waals surface area contributed by atoms with E-state index in [9.17, 15) is 18.0 Å². The van der Waals surface area contributed by atoms with Crippen molar-refractivity contribution in [1.82, 2.24) is 15.1 Å². The van der Waals surface area contributed by atoms with Gasteiger partial charge in [0.1, 0.15) is 0 Å². The number of hydrogen-bond donors (Lipinski definition) is 1. The lowest BCUT2D eigenvalue weighted by Crippen LogP contribution is -2.47. The van der Waals surface area contributed by atoms with Crippen LogP contribution < -0.4 is 10.2 Å². The van der Waals surface area contributed by atoms with Gasteiger partial charge in [0.15, 0.2) is 0 Å². The maximum Gasteiger partial charge on any atom is 0.391 e. The minimum Gasteiger partial charge on any atom is -0.308 e. The van der Waals surface area contributed by atoms with Gasteiger partial charge in [-0.3, -0.25) is 9.48 Å². The van der Waals surface area contributed by atoms with E-state index in [2.05, 4.69) is 10.4 Å². The second-order valence-corrected chi connectivity index (χ2v) is 6.47. The van der Waals surface area contributed by atoms with Crippen LogP contribution in [0.25, 0.3) is 0 Å². The number of carbonyl (C=O) groups is 1. The van der Waals surface area contributed by atoms with Crippen LogP contribution in [0.2, 0.25) is 0 Å². The van der Waals surface area contributed by atoms with Crippen molar-refractivity contribution in [2.75, 3.05) is 11.4 Å². The number of nitrogens with one attached hydrogen (secondary N) is 1. The predicted octanol–water partition coefficient (Wildman–Crippen LogP) is 2.24. The van der Waals surface area contributed by atoms with E-state index in [1.165, 1.54) is 0 Å². The van der Waals surface area contributed by atoms with E-state index in [4.69, 9.17) is 0 Å². The van der Waals surface area contributed by atoms with E-state index in [0.717, 1.165) is 5.69 Å². The number of halogens is 3. The quantitative estimate of drug-likeness (QED) is 0.925. The summed E-state index contributed by atoms with van der Waals surface area (Å²) in [5.41, 5.74) is 0.735. The predicted molar refractivity (Wildman–Crippen MR) is 78.9 cm³/mol. The van der Waals surface area contributed by atoms with Crippen molar-refractivity contribution in [2.45, 2.75) is 50.4 Å². The fraction of sp³-hybridized carbons (Fsp3) is 0.733. The average Bonchev–Trinajstić information content (AvgIpc) is 3.06. The highest BCUT2D eigenvalue weighted by atomic mass is 19.4.